The Labute approximate surface area is 197 Å². The fraction of sp³-hybridized carbons (Fsp3) is 0.400. The molecule has 7 N–H and O–H groups in total. The Kier molecular flexibility index (Phi) is 5.65. The number of fused-ring (bicyclic) bond motifs is 2. The first-order chi connectivity index (χ1) is 16.4. The second kappa shape index (κ2) is 8.64. The predicted octanol–water partition coefficient (Wildman–Crippen LogP) is 1.74. The second-order valence-corrected chi connectivity index (χ2v) is 9.53. The van der Waals surface area contributed by atoms with Crippen LogP contribution in [-0.4, -0.2) is 38.5 Å². The summed E-state index contributed by atoms with van der Waals surface area (Å²) in [7, 11) is 0. The highest BCUT2D eigenvalue weighted by molar-refractivity contribution is 5.94. The molecule has 1 atom stereocenters. The number of carbonyl (C=O) groups is 2. The van der Waals surface area contributed by atoms with Gasteiger partial charge in [0, 0.05) is 17.2 Å². The van der Waals surface area contributed by atoms with Gasteiger partial charge in [-0.25, -0.2) is 0 Å². The van der Waals surface area contributed by atoms with Gasteiger partial charge in [-0.2, -0.15) is 5.21 Å². The Morgan fingerprint density at radius 1 is 0.971 bits per heavy atom. The first kappa shape index (κ1) is 22.2. The minimum absolute atomic E-state index is 0.0913. The minimum atomic E-state index is -0.803. The lowest BCUT2D eigenvalue weighted by Gasteiger charge is -2.37. The van der Waals surface area contributed by atoms with E-state index in [-0.39, 0.29) is 6.04 Å². The van der Waals surface area contributed by atoms with Crippen LogP contribution in [0.5, 0.6) is 0 Å². The van der Waals surface area contributed by atoms with Crippen molar-refractivity contribution < 1.29 is 9.59 Å². The molecule has 176 valence electrons. The number of H-pyrrole nitrogens is 1. The molecule has 0 saturated heterocycles. The first-order valence-corrected chi connectivity index (χ1v) is 11.8. The highest BCUT2D eigenvalue weighted by Gasteiger charge is 2.46. The van der Waals surface area contributed by atoms with Gasteiger partial charge in [-0.05, 0) is 84.5 Å². The average Bonchev–Trinajstić information content (AvgIpc) is 3.54. The minimum Gasteiger partial charge on any atom is -0.366 e. The zero-order chi connectivity index (χ0) is 23.9. The molecular formula is C25H29N7O2. The summed E-state index contributed by atoms with van der Waals surface area (Å²) in [5.41, 5.74) is 22.1. The largest absolute Gasteiger partial charge is 0.366 e. The van der Waals surface area contributed by atoms with E-state index >= 15 is 0 Å². The lowest BCUT2D eigenvalue weighted by atomic mass is 9.66. The third-order valence-electron chi connectivity index (χ3n) is 7.64. The topological polar surface area (TPSA) is 167 Å². The number of primary amides is 2. The molecule has 0 bridgehead atoms. The van der Waals surface area contributed by atoms with Gasteiger partial charge in [0.05, 0.1) is 5.41 Å². The van der Waals surface area contributed by atoms with Gasteiger partial charge in [0.2, 0.25) is 11.8 Å². The number of aryl methyl sites for hydroxylation is 2. The lowest BCUT2D eigenvalue weighted by Crippen LogP contribution is -2.42. The summed E-state index contributed by atoms with van der Waals surface area (Å²) >= 11 is 0. The molecule has 3 aromatic rings. The van der Waals surface area contributed by atoms with E-state index in [9.17, 15) is 9.59 Å². The Balaban J connectivity index is 1.78. The molecule has 9 heteroatoms. The molecule has 2 aliphatic carbocycles. The molecule has 2 aromatic carbocycles. The number of hydrogen-bond donors (Lipinski definition) is 4. The van der Waals surface area contributed by atoms with Crippen molar-refractivity contribution in [2.24, 2.45) is 23.1 Å². The maximum Gasteiger partial charge on any atom is 0.248 e. The summed E-state index contributed by atoms with van der Waals surface area (Å²) < 4.78 is 0. The third-order valence-corrected chi connectivity index (χ3v) is 7.64. The van der Waals surface area contributed by atoms with Crippen molar-refractivity contribution in [1.82, 2.24) is 20.6 Å². The normalized spacial score (nSPS) is 18.0. The van der Waals surface area contributed by atoms with Gasteiger partial charge in [-0.15, -0.1) is 10.2 Å². The summed E-state index contributed by atoms with van der Waals surface area (Å²) in [5.74, 6) is -0.0282. The van der Waals surface area contributed by atoms with Crippen LogP contribution in [0.3, 0.4) is 0 Å². The van der Waals surface area contributed by atoms with Crippen LogP contribution in [0.4, 0.5) is 0 Å². The van der Waals surface area contributed by atoms with E-state index in [0.29, 0.717) is 42.1 Å². The molecule has 0 spiro atoms. The number of amides is 2. The van der Waals surface area contributed by atoms with Crippen molar-refractivity contribution >= 4 is 11.8 Å². The molecule has 0 aliphatic heterocycles. The van der Waals surface area contributed by atoms with Gasteiger partial charge in [-0.1, -0.05) is 30.2 Å². The van der Waals surface area contributed by atoms with Crippen molar-refractivity contribution in [3.63, 3.8) is 0 Å². The number of carbonyl (C=O) groups excluding carboxylic acids is 2. The van der Waals surface area contributed by atoms with Gasteiger partial charge >= 0.3 is 0 Å². The lowest BCUT2D eigenvalue weighted by molar-refractivity contribution is 0.0991. The molecule has 2 aliphatic rings. The van der Waals surface area contributed by atoms with Gasteiger partial charge in [0.15, 0.2) is 5.82 Å². The van der Waals surface area contributed by atoms with Gasteiger partial charge < -0.3 is 17.2 Å². The van der Waals surface area contributed by atoms with Crippen LogP contribution in [0.15, 0.2) is 36.4 Å². The van der Waals surface area contributed by atoms with Gasteiger partial charge in [0.25, 0.3) is 0 Å². The van der Waals surface area contributed by atoms with Crippen LogP contribution >= 0.6 is 0 Å². The monoisotopic (exact) mass is 459 g/mol. The Morgan fingerprint density at radius 3 is 2.00 bits per heavy atom. The maximum absolute atomic E-state index is 12.0. The van der Waals surface area contributed by atoms with E-state index in [0.717, 1.165) is 35.1 Å². The van der Waals surface area contributed by atoms with E-state index in [4.69, 9.17) is 17.2 Å². The van der Waals surface area contributed by atoms with Crippen LogP contribution in [-0.2, 0) is 18.3 Å². The number of hydrogen-bond acceptors (Lipinski definition) is 6. The Morgan fingerprint density at radius 2 is 1.53 bits per heavy atom. The Bertz CT molecular complexity index is 1170. The highest BCUT2D eigenvalue weighted by atomic mass is 16.1. The summed E-state index contributed by atoms with van der Waals surface area (Å²) in [5, 5.41) is 15.4. The van der Waals surface area contributed by atoms with Crippen molar-refractivity contribution in [2.75, 3.05) is 0 Å². The van der Waals surface area contributed by atoms with Crippen molar-refractivity contribution in [1.29, 1.82) is 0 Å². The van der Waals surface area contributed by atoms with E-state index in [1.165, 1.54) is 12.8 Å². The summed E-state index contributed by atoms with van der Waals surface area (Å²) in [6, 6.07) is 11.0. The number of nitrogens with zero attached hydrogens (tertiary/aromatic N) is 3. The van der Waals surface area contributed by atoms with Crippen LogP contribution in [0, 0.1) is 5.92 Å². The van der Waals surface area contributed by atoms with Crippen LogP contribution < -0.4 is 17.2 Å². The quantitative estimate of drug-likeness (QED) is 0.438. The SMILES string of the molecule is NC(=O)c1ccc2c(c1)CCc1cc(C(N)=O)ccc1C2(C[C@@H](N)C1CCCC1)c1nn[nH]n1. The van der Waals surface area contributed by atoms with Crippen molar-refractivity contribution in [3.05, 3.63) is 75.6 Å². The maximum atomic E-state index is 12.0. The smallest absolute Gasteiger partial charge is 0.248 e. The second-order valence-electron chi connectivity index (χ2n) is 9.53. The van der Waals surface area contributed by atoms with Crippen molar-refractivity contribution in [3.8, 4) is 0 Å². The molecular weight excluding hydrogens is 430 g/mol. The molecule has 5 rings (SSSR count). The summed E-state index contributed by atoms with van der Waals surface area (Å²) in [6.45, 7) is 0. The number of aromatic amines is 1. The van der Waals surface area contributed by atoms with Crippen LogP contribution in [0.25, 0.3) is 0 Å². The number of tetrazole rings is 1. The number of aromatic nitrogens is 4. The third kappa shape index (κ3) is 3.66. The van der Waals surface area contributed by atoms with E-state index in [1.807, 2.05) is 24.3 Å². The molecule has 2 amide bonds. The zero-order valence-electron chi connectivity index (χ0n) is 19.0. The molecule has 1 saturated carbocycles. The summed E-state index contributed by atoms with van der Waals surface area (Å²) in [4.78, 5) is 23.9. The van der Waals surface area contributed by atoms with Crippen LogP contribution in [0.1, 0.15) is 80.9 Å². The number of nitrogens with one attached hydrogen (secondary N) is 1. The fourth-order valence-corrected chi connectivity index (χ4v) is 5.96. The molecule has 1 aromatic heterocycles. The molecule has 0 unspecified atom stereocenters. The number of benzene rings is 2. The molecule has 1 heterocycles. The van der Waals surface area contributed by atoms with E-state index in [2.05, 4.69) is 20.6 Å². The van der Waals surface area contributed by atoms with Crippen LogP contribution in [0.2, 0.25) is 0 Å². The zero-order valence-corrected chi connectivity index (χ0v) is 19.0. The van der Waals surface area contributed by atoms with Gasteiger partial charge in [-0.3, -0.25) is 9.59 Å². The Hall–Kier alpha value is -3.59. The fourth-order valence-electron chi connectivity index (χ4n) is 5.96. The van der Waals surface area contributed by atoms with Gasteiger partial charge in [0.1, 0.15) is 0 Å². The summed E-state index contributed by atoms with van der Waals surface area (Å²) in [6.07, 6.45) is 6.46. The van der Waals surface area contributed by atoms with E-state index < -0.39 is 17.2 Å². The average molecular weight is 460 g/mol. The molecule has 9 nitrogen and oxygen atoms in total. The molecule has 0 radical (unpaired) electrons. The van der Waals surface area contributed by atoms with Crippen molar-refractivity contribution in [2.45, 2.75) is 56.4 Å². The first-order valence-electron chi connectivity index (χ1n) is 11.8. The standard InChI is InChI=1S/C25H29N7O2/c26-21(14-3-1-2-4-14)13-25(24-29-31-32-30-24)19-9-7-17(22(27)33)11-15(19)5-6-16-12-18(23(28)34)8-10-20(16)25/h7-12,14,21H,1-6,13,26H2,(H2,27,33)(H2,28,34)(H,29,30,31,32)/t21-/m1/s1. The van der Waals surface area contributed by atoms with E-state index in [1.54, 1.807) is 12.1 Å². The predicted molar refractivity (Wildman–Crippen MR) is 126 cm³/mol. The highest BCUT2D eigenvalue weighted by Crippen LogP contribution is 2.48. The number of rotatable bonds is 6. The molecule has 34 heavy (non-hydrogen) atoms. The number of nitrogens with two attached hydrogens (primary N) is 3. The molecule has 1 fully saturated rings.